The van der Waals surface area contributed by atoms with Crippen LogP contribution in [-0.2, 0) is 0 Å². The third-order valence-electron chi connectivity index (χ3n) is 3.02. The monoisotopic (exact) mass is 355 g/mol. The molecular weight excluding hydrogens is 324 g/mol. The highest BCUT2D eigenvalue weighted by Crippen LogP contribution is 2.21. The van der Waals surface area contributed by atoms with Gasteiger partial charge in [0, 0.05) is 5.57 Å². The van der Waals surface area contributed by atoms with Gasteiger partial charge in [0.1, 0.15) is 0 Å². The van der Waals surface area contributed by atoms with E-state index in [4.69, 9.17) is 4.42 Å². The maximum absolute atomic E-state index is 12.2. The Hall–Kier alpha value is -1.82. The van der Waals surface area contributed by atoms with Crippen LogP contribution in [0.1, 0.15) is 65.2 Å². The van der Waals surface area contributed by atoms with Gasteiger partial charge in [-0.2, -0.15) is 8.78 Å². The number of allylic oxidation sites excluding steroid dienone is 5. The Morgan fingerprint density at radius 3 is 2.08 bits per heavy atom. The molecule has 0 unspecified atom stereocenters. The van der Waals surface area contributed by atoms with Crippen LogP contribution in [0.3, 0.4) is 0 Å². The average molecular weight is 355 g/mol. The van der Waals surface area contributed by atoms with Gasteiger partial charge in [-0.3, -0.25) is 0 Å². The van der Waals surface area contributed by atoms with Gasteiger partial charge in [-0.1, -0.05) is 44.6 Å². The summed E-state index contributed by atoms with van der Waals surface area (Å²) in [5.41, 5.74) is 1.58. The molecule has 142 valence electrons. The van der Waals surface area contributed by atoms with E-state index in [1.807, 2.05) is 19.9 Å². The van der Waals surface area contributed by atoms with E-state index in [0.29, 0.717) is 5.57 Å². The van der Waals surface area contributed by atoms with E-state index in [0.717, 1.165) is 5.57 Å². The van der Waals surface area contributed by atoms with Crippen molar-refractivity contribution < 1.29 is 13.2 Å². The molecule has 0 amide bonds. The molecule has 2 heterocycles. The SMILES string of the molecule is C=C/C(=C\C=C(C)C)c1nnc(C(F)F)o1.CCC.CN1CCCC1. The van der Waals surface area contributed by atoms with Gasteiger partial charge < -0.3 is 9.32 Å². The van der Waals surface area contributed by atoms with Gasteiger partial charge in [-0.15, -0.1) is 10.2 Å². The first-order valence-corrected chi connectivity index (χ1v) is 8.63. The molecule has 4 nitrogen and oxygen atoms in total. The van der Waals surface area contributed by atoms with Crippen LogP contribution >= 0.6 is 0 Å². The molecule has 0 aromatic carbocycles. The molecule has 0 radical (unpaired) electrons. The highest BCUT2D eigenvalue weighted by molar-refractivity contribution is 5.69. The van der Waals surface area contributed by atoms with Gasteiger partial charge in [-0.05, 0) is 52.9 Å². The minimum Gasteiger partial charge on any atom is -0.415 e. The van der Waals surface area contributed by atoms with Crippen LogP contribution in [0.4, 0.5) is 8.78 Å². The molecule has 0 spiro atoms. The van der Waals surface area contributed by atoms with Crippen LogP contribution in [-0.4, -0.2) is 35.2 Å². The van der Waals surface area contributed by atoms with Crippen LogP contribution in [0.2, 0.25) is 0 Å². The van der Waals surface area contributed by atoms with E-state index < -0.39 is 12.3 Å². The molecule has 1 saturated heterocycles. The molecule has 25 heavy (non-hydrogen) atoms. The fourth-order valence-corrected chi connectivity index (χ4v) is 1.80. The second-order valence-electron chi connectivity index (χ2n) is 6.03. The van der Waals surface area contributed by atoms with Crippen molar-refractivity contribution in [3.8, 4) is 0 Å². The largest absolute Gasteiger partial charge is 0.415 e. The topological polar surface area (TPSA) is 42.2 Å². The van der Waals surface area contributed by atoms with Crippen LogP contribution in [0.15, 0.2) is 34.8 Å². The molecule has 0 N–H and O–H groups in total. The zero-order chi connectivity index (χ0) is 19.2. The summed E-state index contributed by atoms with van der Waals surface area (Å²) in [6.45, 7) is 14.3. The first kappa shape index (κ1) is 23.2. The van der Waals surface area contributed by atoms with Gasteiger partial charge in [0.25, 0.3) is 5.89 Å². The first-order valence-electron chi connectivity index (χ1n) is 8.63. The van der Waals surface area contributed by atoms with Crippen LogP contribution in [0.25, 0.3) is 5.57 Å². The van der Waals surface area contributed by atoms with Crippen LogP contribution < -0.4 is 0 Å². The zero-order valence-corrected chi connectivity index (χ0v) is 16.1. The maximum atomic E-state index is 12.2. The summed E-state index contributed by atoms with van der Waals surface area (Å²) < 4.78 is 29.2. The van der Waals surface area contributed by atoms with Crippen molar-refractivity contribution in [2.45, 2.75) is 53.4 Å². The van der Waals surface area contributed by atoms with E-state index in [1.54, 1.807) is 6.08 Å². The number of hydrogen-bond acceptors (Lipinski definition) is 4. The Labute approximate surface area is 150 Å². The van der Waals surface area contributed by atoms with E-state index in [2.05, 4.69) is 42.6 Å². The molecule has 0 bridgehead atoms. The Balaban J connectivity index is 0.000000524. The summed E-state index contributed by atoms with van der Waals surface area (Å²) in [6, 6.07) is 0. The normalized spacial score (nSPS) is 14.3. The Kier molecular flexibility index (Phi) is 12.5. The lowest BCUT2D eigenvalue weighted by molar-refractivity contribution is 0.114. The lowest BCUT2D eigenvalue weighted by Gasteiger charge is -2.01. The second-order valence-corrected chi connectivity index (χ2v) is 6.03. The summed E-state index contributed by atoms with van der Waals surface area (Å²) >= 11 is 0. The molecule has 6 heteroatoms. The van der Waals surface area contributed by atoms with E-state index in [9.17, 15) is 8.78 Å². The highest BCUT2D eigenvalue weighted by atomic mass is 19.3. The van der Waals surface area contributed by atoms with E-state index in [1.165, 1.54) is 38.4 Å². The molecule has 0 saturated carbocycles. The second kappa shape index (κ2) is 13.5. The number of rotatable bonds is 4. The zero-order valence-electron chi connectivity index (χ0n) is 16.1. The first-order chi connectivity index (χ1) is 11.8. The Bertz CT molecular complexity index is 541. The van der Waals surface area contributed by atoms with Crippen molar-refractivity contribution in [3.63, 3.8) is 0 Å². The number of aromatic nitrogens is 2. The van der Waals surface area contributed by atoms with Crippen molar-refractivity contribution in [2.24, 2.45) is 0 Å². The van der Waals surface area contributed by atoms with Gasteiger partial charge in [0.05, 0.1) is 0 Å². The molecule has 1 aromatic heterocycles. The van der Waals surface area contributed by atoms with Crippen molar-refractivity contribution in [1.29, 1.82) is 0 Å². The van der Waals surface area contributed by atoms with Crippen molar-refractivity contribution in [1.82, 2.24) is 15.1 Å². The molecular formula is C19H31F2N3O. The van der Waals surface area contributed by atoms with Crippen LogP contribution in [0, 0.1) is 0 Å². The third-order valence-corrected chi connectivity index (χ3v) is 3.02. The fourth-order valence-electron chi connectivity index (χ4n) is 1.80. The predicted molar refractivity (Wildman–Crippen MR) is 99.6 cm³/mol. The molecule has 1 fully saturated rings. The number of halogens is 2. The summed E-state index contributed by atoms with van der Waals surface area (Å²) in [4.78, 5) is 2.36. The Morgan fingerprint density at radius 2 is 1.76 bits per heavy atom. The van der Waals surface area contributed by atoms with E-state index >= 15 is 0 Å². The predicted octanol–water partition coefficient (Wildman–Crippen LogP) is 5.67. The summed E-state index contributed by atoms with van der Waals surface area (Å²) in [5.74, 6) is -0.636. The summed E-state index contributed by atoms with van der Waals surface area (Å²) in [7, 11) is 2.17. The number of likely N-dealkylation sites (tertiary alicyclic amines) is 1. The van der Waals surface area contributed by atoms with Gasteiger partial charge in [0.15, 0.2) is 0 Å². The molecule has 0 aliphatic carbocycles. The minimum absolute atomic E-state index is 0.0443. The Morgan fingerprint density at radius 1 is 1.20 bits per heavy atom. The van der Waals surface area contributed by atoms with E-state index in [-0.39, 0.29) is 5.89 Å². The highest BCUT2D eigenvalue weighted by Gasteiger charge is 2.16. The number of nitrogens with zero attached hydrogens (tertiary/aromatic N) is 3. The average Bonchev–Trinajstić information content (AvgIpc) is 3.21. The summed E-state index contributed by atoms with van der Waals surface area (Å²) in [6.07, 6.45) is 6.29. The van der Waals surface area contributed by atoms with Gasteiger partial charge in [0.2, 0.25) is 5.89 Å². The maximum Gasteiger partial charge on any atom is 0.314 e. The number of alkyl halides is 2. The standard InChI is InChI=1S/C11H12F2N2O.C5H11N.C3H8/c1-4-8(6-5-7(2)3)10-14-15-11(16-10)9(12)13;1-6-4-2-3-5-6;1-3-2/h4-6,9H,1H2,2-3H3;2-5H2,1H3;3H2,1-2H3/b8-6+;;. The molecule has 2 rings (SSSR count). The number of hydrogen-bond donors (Lipinski definition) is 0. The third kappa shape index (κ3) is 10.6. The lowest BCUT2D eigenvalue weighted by Crippen LogP contribution is -2.10. The van der Waals surface area contributed by atoms with Crippen molar-refractivity contribution >= 4 is 5.57 Å². The van der Waals surface area contributed by atoms with Crippen LogP contribution in [0.5, 0.6) is 0 Å². The molecule has 1 aliphatic heterocycles. The molecule has 1 aromatic rings. The minimum atomic E-state index is -2.75. The summed E-state index contributed by atoms with van der Waals surface area (Å²) in [5, 5.41) is 6.76. The van der Waals surface area contributed by atoms with Crippen molar-refractivity contribution in [2.75, 3.05) is 20.1 Å². The smallest absolute Gasteiger partial charge is 0.314 e. The molecule has 0 atom stereocenters. The van der Waals surface area contributed by atoms with Gasteiger partial charge >= 0.3 is 6.43 Å². The fraction of sp³-hybridized carbons (Fsp3) is 0.579. The quantitative estimate of drug-likeness (QED) is 0.653. The lowest BCUT2D eigenvalue weighted by atomic mass is 10.2. The van der Waals surface area contributed by atoms with Crippen molar-refractivity contribution in [3.05, 3.63) is 42.2 Å². The molecule has 1 aliphatic rings. The van der Waals surface area contributed by atoms with Gasteiger partial charge in [-0.25, -0.2) is 0 Å².